The number of ether oxygens (including phenoxy) is 1. The van der Waals surface area contributed by atoms with Crippen LogP contribution in [0.4, 0.5) is 16.0 Å². The van der Waals surface area contributed by atoms with Crippen molar-refractivity contribution in [2.24, 2.45) is 7.05 Å². The highest BCUT2D eigenvalue weighted by Crippen LogP contribution is 2.19. The summed E-state index contributed by atoms with van der Waals surface area (Å²) in [4.78, 5) is 23.3. The number of halogens is 1. The maximum atomic E-state index is 14.3. The van der Waals surface area contributed by atoms with Crippen LogP contribution in [-0.2, 0) is 18.3 Å². The zero-order valence-electron chi connectivity index (χ0n) is 17.4. The third-order valence-corrected chi connectivity index (χ3v) is 5.17. The van der Waals surface area contributed by atoms with Crippen molar-refractivity contribution in [1.29, 1.82) is 0 Å². The number of amides is 1. The molecule has 11 heteroatoms. The van der Waals surface area contributed by atoms with E-state index in [4.69, 9.17) is 4.74 Å². The van der Waals surface area contributed by atoms with Crippen molar-refractivity contribution >= 4 is 28.6 Å². The van der Waals surface area contributed by atoms with Gasteiger partial charge in [0.2, 0.25) is 5.95 Å². The third-order valence-electron chi connectivity index (χ3n) is 5.17. The standard InChI is InChI=1S/C21H21FN8O2/c1-28-13-18(11-24-28)26-21-23-9-16-10-25-30(19(16)27-21)12-14-6-15(8-17(22)7-14)20(31)29-2-4-32-5-3-29/h6-11,13H,2-5,12H2,1H3,(H,23,26,27). The van der Waals surface area contributed by atoms with Gasteiger partial charge in [-0.3, -0.25) is 9.48 Å². The number of benzene rings is 1. The van der Waals surface area contributed by atoms with Crippen LogP contribution in [0.1, 0.15) is 15.9 Å². The molecule has 1 aromatic carbocycles. The Morgan fingerprint density at radius 2 is 2.00 bits per heavy atom. The number of aryl methyl sites for hydroxylation is 1. The summed E-state index contributed by atoms with van der Waals surface area (Å²) >= 11 is 0. The van der Waals surface area contributed by atoms with Crippen molar-refractivity contribution in [1.82, 2.24) is 34.4 Å². The molecule has 0 bridgehead atoms. The third kappa shape index (κ3) is 4.14. The van der Waals surface area contributed by atoms with Crippen LogP contribution in [0.15, 0.2) is 43.0 Å². The number of fused-ring (bicyclic) bond motifs is 1. The first-order chi connectivity index (χ1) is 15.5. The molecule has 32 heavy (non-hydrogen) atoms. The van der Waals surface area contributed by atoms with Gasteiger partial charge in [-0.2, -0.15) is 15.2 Å². The van der Waals surface area contributed by atoms with Gasteiger partial charge >= 0.3 is 0 Å². The van der Waals surface area contributed by atoms with Crippen LogP contribution in [0.5, 0.6) is 0 Å². The monoisotopic (exact) mass is 436 g/mol. The molecule has 1 aliphatic rings. The summed E-state index contributed by atoms with van der Waals surface area (Å²) in [6.45, 7) is 2.23. The normalized spacial score (nSPS) is 14.1. The number of nitrogens with one attached hydrogen (secondary N) is 1. The maximum Gasteiger partial charge on any atom is 0.254 e. The van der Waals surface area contributed by atoms with Crippen molar-refractivity contribution in [2.75, 3.05) is 31.6 Å². The molecular formula is C21H21FN8O2. The van der Waals surface area contributed by atoms with Gasteiger partial charge in [-0.25, -0.2) is 14.1 Å². The van der Waals surface area contributed by atoms with E-state index >= 15 is 0 Å². The molecule has 164 valence electrons. The number of hydrogen-bond acceptors (Lipinski definition) is 7. The second-order valence-corrected chi connectivity index (χ2v) is 7.56. The van der Waals surface area contributed by atoms with Gasteiger partial charge in [0.15, 0.2) is 5.65 Å². The van der Waals surface area contributed by atoms with Crippen LogP contribution in [0.2, 0.25) is 0 Å². The Labute approximate surface area is 182 Å². The largest absolute Gasteiger partial charge is 0.378 e. The Morgan fingerprint density at radius 1 is 1.16 bits per heavy atom. The Hall–Kier alpha value is -3.86. The lowest BCUT2D eigenvalue weighted by molar-refractivity contribution is 0.0302. The number of nitrogens with zero attached hydrogens (tertiary/aromatic N) is 7. The van der Waals surface area contributed by atoms with Crippen molar-refractivity contribution in [3.8, 4) is 0 Å². The van der Waals surface area contributed by atoms with E-state index in [0.717, 1.165) is 11.1 Å². The van der Waals surface area contributed by atoms with Crippen LogP contribution in [0, 0.1) is 5.82 Å². The highest BCUT2D eigenvalue weighted by Gasteiger charge is 2.20. The lowest BCUT2D eigenvalue weighted by atomic mass is 10.1. The van der Waals surface area contributed by atoms with Crippen molar-refractivity contribution in [2.45, 2.75) is 6.54 Å². The number of carbonyl (C=O) groups is 1. The molecule has 0 aliphatic carbocycles. The minimum absolute atomic E-state index is 0.204. The maximum absolute atomic E-state index is 14.3. The number of carbonyl (C=O) groups excluding carboxylic acids is 1. The van der Waals surface area contributed by atoms with Crippen molar-refractivity contribution in [3.63, 3.8) is 0 Å². The average Bonchev–Trinajstić information content (AvgIpc) is 3.39. The molecule has 0 atom stereocenters. The summed E-state index contributed by atoms with van der Waals surface area (Å²) in [7, 11) is 1.82. The number of rotatable bonds is 5. The fraction of sp³-hybridized carbons (Fsp3) is 0.286. The zero-order valence-corrected chi connectivity index (χ0v) is 17.4. The Bertz CT molecular complexity index is 1280. The van der Waals surface area contributed by atoms with E-state index in [2.05, 4.69) is 25.5 Å². The van der Waals surface area contributed by atoms with Crippen LogP contribution in [0.25, 0.3) is 11.0 Å². The molecule has 4 aromatic rings. The molecule has 1 aliphatic heterocycles. The van der Waals surface area contributed by atoms with Gasteiger partial charge in [-0.05, 0) is 23.8 Å². The summed E-state index contributed by atoms with van der Waals surface area (Å²) in [6.07, 6.45) is 6.81. The number of anilines is 2. The molecule has 1 saturated heterocycles. The smallest absolute Gasteiger partial charge is 0.254 e. The van der Waals surface area contributed by atoms with E-state index in [0.29, 0.717) is 49.0 Å². The quantitative estimate of drug-likeness (QED) is 0.510. The topological polar surface area (TPSA) is 103 Å². The fourth-order valence-corrected chi connectivity index (χ4v) is 3.64. The Kier molecular flexibility index (Phi) is 5.23. The van der Waals surface area contributed by atoms with Gasteiger partial charge in [-0.1, -0.05) is 0 Å². The van der Waals surface area contributed by atoms with E-state index in [-0.39, 0.29) is 12.5 Å². The predicted molar refractivity (Wildman–Crippen MR) is 114 cm³/mol. The molecule has 10 nitrogen and oxygen atoms in total. The molecule has 1 N–H and O–H groups in total. The molecular weight excluding hydrogens is 415 g/mol. The lowest BCUT2D eigenvalue weighted by Gasteiger charge is -2.27. The molecule has 0 unspecified atom stereocenters. The predicted octanol–water partition coefficient (Wildman–Crippen LogP) is 1.96. The van der Waals surface area contributed by atoms with Crippen LogP contribution in [-0.4, -0.2) is 66.6 Å². The minimum atomic E-state index is -0.468. The van der Waals surface area contributed by atoms with E-state index in [1.807, 2.05) is 13.2 Å². The highest BCUT2D eigenvalue weighted by molar-refractivity contribution is 5.94. The van der Waals surface area contributed by atoms with E-state index in [1.165, 1.54) is 12.1 Å². The number of morpholine rings is 1. The lowest BCUT2D eigenvalue weighted by Crippen LogP contribution is -2.40. The summed E-state index contributed by atoms with van der Waals surface area (Å²) < 4.78 is 23.0. The van der Waals surface area contributed by atoms with Crippen molar-refractivity contribution < 1.29 is 13.9 Å². The minimum Gasteiger partial charge on any atom is -0.378 e. The second-order valence-electron chi connectivity index (χ2n) is 7.56. The highest BCUT2D eigenvalue weighted by atomic mass is 19.1. The number of aromatic nitrogens is 6. The molecule has 3 aromatic heterocycles. The Morgan fingerprint density at radius 3 is 2.78 bits per heavy atom. The summed E-state index contributed by atoms with van der Waals surface area (Å²) in [5.74, 6) is -0.275. The zero-order chi connectivity index (χ0) is 22.1. The molecule has 0 radical (unpaired) electrons. The Balaban J connectivity index is 1.40. The van der Waals surface area contributed by atoms with Crippen LogP contribution in [0.3, 0.4) is 0 Å². The van der Waals surface area contributed by atoms with E-state index < -0.39 is 5.82 Å². The van der Waals surface area contributed by atoms with Gasteiger partial charge in [0.25, 0.3) is 5.91 Å². The molecule has 5 rings (SSSR count). The summed E-state index contributed by atoms with van der Waals surface area (Å²) in [5, 5.41) is 12.3. The van der Waals surface area contributed by atoms with Crippen LogP contribution < -0.4 is 5.32 Å². The van der Waals surface area contributed by atoms with Crippen LogP contribution >= 0.6 is 0 Å². The molecule has 0 saturated carbocycles. The van der Waals surface area contributed by atoms with E-state index in [9.17, 15) is 9.18 Å². The second kappa shape index (κ2) is 8.35. The van der Waals surface area contributed by atoms with Gasteiger partial charge in [-0.15, -0.1) is 0 Å². The van der Waals surface area contributed by atoms with E-state index in [1.54, 1.807) is 38.9 Å². The molecule has 1 fully saturated rings. The van der Waals surface area contributed by atoms with Gasteiger partial charge in [0.05, 0.1) is 43.2 Å². The first kappa shape index (κ1) is 20.1. The fourth-order valence-electron chi connectivity index (χ4n) is 3.64. The van der Waals surface area contributed by atoms with Gasteiger partial charge in [0.1, 0.15) is 5.82 Å². The first-order valence-corrected chi connectivity index (χ1v) is 10.2. The van der Waals surface area contributed by atoms with Gasteiger partial charge in [0, 0.05) is 38.1 Å². The average molecular weight is 436 g/mol. The molecule has 4 heterocycles. The SMILES string of the molecule is Cn1cc(Nc2ncc3cnn(Cc4cc(F)cc(C(=O)N5CCOCC5)c4)c3n2)cn1. The molecule has 0 spiro atoms. The van der Waals surface area contributed by atoms with Crippen molar-refractivity contribution in [3.05, 3.63) is 59.9 Å². The summed E-state index contributed by atoms with van der Waals surface area (Å²) in [5.41, 5.74) is 2.28. The summed E-state index contributed by atoms with van der Waals surface area (Å²) in [6, 6.07) is 4.37. The van der Waals surface area contributed by atoms with Gasteiger partial charge < -0.3 is 15.0 Å². The molecule has 1 amide bonds. The first-order valence-electron chi connectivity index (χ1n) is 10.2. The number of hydrogen-bond donors (Lipinski definition) is 1.